The lowest BCUT2D eigenvalue weighted by Gasteiger charge is -2.21. The van der Waals surface area contributed by atoms with Gasteiger partial charge in [0.05, 0.1) is 13.2 Å². The maximum Gasteiger partial charge on any atom is 0.320 e. The van der Waals surface area contributed by atoms with Gasteiger partial charge in [-0.3, -0.25) is 14.2 Å². The van der Waals surface area contributed by atoms with Crippen LogP contribution < -0.4 is 14.9 Å². The first kappa shape index (κ1) is 32.8. The van der Waals surface area contributed by atoms with Crippen molar-refractivity contribution in [3.63, 3.8) is 0 Å². The first-order valence-electron chi connectivity index (χ1n) is 13.7. The van der Waals surface area contributed by atoms with Crippen molar-refractivity contribution < 1.29 is 37.9 Å². The zero-order valence-electron chi connectivity index (χ0n) is 24.4. The summed E-state index contributed by atoms with van der Waals surface area (Å²) in [7, 11) is -3.55. The summed E-state index contributed by atoms with van der Waals surface area (Å²) in [6.07, 6.45) is 0.753. The Bertz CT molecular complexity index is 1380. The van der Waals surface area contributed by atoms with Crippen LogP contribution in [-0.2, 0) is 36.5 Å². The van der Waals surface area contributed by atoms with Gasteiger partial charge in [0.15, 0.2) is 6.35 Å². The van der Waals surface area contributed by atoms with E-state index in [2.05, 4.69) is 10.2 Å². The molecular formula is C31H38FN2O7P. The quantitative estimate of drug-likeness (QED) is 0.160. The number of halogens is 1. The Balaban J connectivity index is 1.72. The highest BCUT2D eigenvalue weighted by atomic mass is 31.2. The number of esters is 2. The molecule has 3 N–H and O–H groups in total. The van der Waals surface area contributed by atoms with Crippen LogP contribution in [0, 0.1) is 19.7 Å². The van der Waals surface area contributed by atoms with Crippen LogP contribution in [0.15, 0.2) is 54.6 Å². The summed E-state index contributed by atoms with van der Waals surface area (Å²) in [5.74, 6) is -0.812. The number of phenols is 1. The molecule has 0 heterocycles. The van der Waals surface area contributed by atoms with E-state index in [1.807, 2.05) is 38.1 Å². The Morgan fingerprint density at radius 2 is 1.38 bits per heavy atom. The number of aryl methyl sites for hydroxylation is 2. The Labute approximate surface area is 245 Å². The van der Waals surface area contributed by atoms with Crippen LogP contribution in [0.1, 0.15) is 47.2 Å². The standard InChI is InChI=1S/C31H38FN2O7P/c1-5-39-30(36)18-33-42(38,34-19-31(37)40-6-2)20-41-27-13-21(3)28(22(4)14-27)17-24-9-12-29(35)25(16-24)15-23-7-10-26(32)11-8-23/h7-14,16,35H,5-6,15,17-20H2,1-4H3,(H2,33,34,38). The van der Waals surface area contributed by atoms with Crippen LogP contribution in [0.25, 0.3) is 0 Å². The minimum atomic E-state index is -3.55. The number of benzene rings is 3. The number of aromatic hydroxyl groups is 1. The molecule has 0 aliphatic carbocycles. The third kappa shape index (κ3) is 9.98. The number of carbonyl (C=O) groups is 2. The van der Waals surface area contributed by atoms with Crippen LogP contribution in [0.2, 0.25) is 0 Å². The van der Waals surface area contributed by atoms with Gasteiger partial charge in [-0.25, -0.2) is 14.6 Å². The van der Waals surface area contributed by atoms with Crippen molar-refractivity contribution in [3.05, 3.63) is 93.8 Å². The van der Waals surface area contributed by atoms with Crippen molar-refractivity contribution in [1.82, 2.24) is 10.2 Å². The van der Waals surface area contributed by atoms with Gasteiger partial charge in [0, 0.05) is 6.42 Å². The third-order valence-corrected chi connectivity index (χ3v) is 8.31. The zero-order valence-corrected chi connectivity index (χ0v) is 25.3. The fourth-order valence-corrected chi connectivity index (χ4v) is 5.75. The summed E-state index contributed by atoms with van der Waals surface area (Å²) in [4.78, 5) is 23.7. The van der Waals surface area contributed by atoms with Crippen LogP contribution in [0.4, 0.5) is 4.39 Å². The molecule has 0 spiro atoms. The van der Waals surface area contributed by atoms with E-state index in [0.29, 0.717) is 18.6 Å². The summed E-state index contributed by atoms with van der Waals surface area (Å²) < 4.78 is 42.4. The van der Waals surface area contributed by atoms with E-state index in [1.54, 1.807) is 32.0 Å². The lowest BCUT2D eigenvalue weighted by Crippen LogP contribution is -2.34. The van der Waals surface area contributed by atoms with E-state index in [-0.39, 0.29) is 44.2 Å². The Hall–Kier alpha value is -3.72. The summed E-state index contributed by atoms with van der Waals surface area (Å²) in [6.45, 7) is 6.96. The molecule has 11 heteroatoms. The average Bonchev–Trinajstić information content (AvgIpc) is 2.95. The van der Waals surface area contributed by atoms with E-state index in [0.717, 1.165) is 33.4 Å². The van der Waals surface area contributed by atoms with Crippen LogP contribution in [-0.4, -0.2) is 49.7 Å². The topological polar surface area (TPSA) is 123 Å². The van der Waals surface area contributed by atoms with Gasteiger partial charge in [-0.15, -0.1) is 0 Å². The summed E-state index contributed by atoms with van der Waals surface area (Å²) in [6, 6.07) is 15.4. The molecule has 0 aromatic heterocycles. The van der Waals surface area contributed by atoms with Crippen molar-refractivity contribution in [2.75, 3.05) is 32.7 Å². The molecule has 0 atom stereocenters. The van der Waals surface area contributed by atoms with Gasteiger partial charge >= 0.3 is 11.9 Å². The largest absolute Gasteiger partial charge is 0.508 e. The van der Waals surface area contributed by atoms with Gasteiger partial charge in [-0.2, -0.15) is 0 Å². The van der Waals surface area contributed by atoms with Gasteiger partial charge in [-0.1, -0.05) is 24.3 Å². The van der Waals surface area contributed by atoms with Crippen molar-refractivity contribution in [1.29, 1.82) is 0 Å². The molecule has 0 aliphatic heterocycles. The van der Waals surface area contributed by atoms with Gasteiger partial charge in [0.1, 0.15) is 30.4 Å². The minimum Gasteiger partial charge on any atom is -0.508 e. The second kappa shape index (κ2) is 15.5. The molecule has 226 valence electrons. The van der Waals surface area contributed by atoms with E-state index < -0.39 is 19.4 Å². The number of rotatable bonds is 15. The summed E-state index contributed by atoms with van der Waals surface area (Å²) in [5.41, 5.74) is 5.61. The molecule has 0 saturated heterocycles. The first-order chi connectivity index (χ1) is 20.0. The lowest BCUT2D eigenvalue weighted by atomic mass is 9.93. The monoisotopic (exact) mass is 600 g/mol. The van der Waals surface area contributed by atoms with Gasteiger partial charge in [0.25, 0.3) is 0 Å². The van der Waals surface area contributed by atoms with E-state index in [4.69, 9.17) is 14.2 Å². The predicted molar refractivity (Wildman–Crippen MR) is 158 cm³/mol. The number of ether oxygens (including phenoxy) is 3. The normalized spacial score (nSPS) is 11.3. The number of phenolic OH excluding ortho intramolecular Hbond substituents is 1. The van der Waals surface area contributed by atoms with Crippen molar-refractivity contribution in [2.24, 2.45) is 0 Å². The van der Waals surface area contributed by atoms with Crippen molar-refractivity contribution in [2.45, 2.75) is 40.5 Å². The first-order valence-corrected chi connectivity index (χ1v) is 15.6. The summed E-state index contributed by atoms with van der Waals surface area (Å²) in [5, 5.41) is 15.7. The van der Waals surface area contributed by atoms with E-state index >= 15 is 0 Å². The molecule has 3 aromatic carbocycles. The Morgan fingerprint density at radius 1 is 0.833 bits per heavy atom. The van der Waals surface area contributed by atoms with Gasteiger partial charge < -0.3 is 19.3 Å². The summed E-state index contributed by atoms with van der Waals surface area (Å²) >= 11 is 0. The molecule has 0 amide bonds. The Kier molecular flexibility index (Phi) is 12.1. The van der Waals surface area contributed by atoms with Crippen LogP contribution >= 0.6 is 7.44 Å². The number of carbonyl (C=O) groups excluding carboxylic acids is 2. The van der Waals surface area contributed by atoms with Crippen LogP contribution in [0.3, 0.4) is 0 Å². The second-order valence-electron chi connectivity index (χ2n) is 9.77. The third-order valence-electron chi connectivity index (χ3n) is 6.48. The Morgan fingerprint density at radius 3 is 1.93 bits per heavy atom. The predicted octanol–water partition coefficient (Wildman–Crippen LogP) is 5.16. The maximum atomic E-state index is 13.5. The average molecular weight is 601 g/mol. The molecule has 42 heavy (non-hydrogen) atoms. The van der Waals surface area contributed by atoms with E-state index in [9.17, 15) is 23.7 Å². The molecule has 0 radical (unpaired) electrons. The highest BCUT2D eigenvalue weighted by Gasteiger charge is 2.25. The van der Waals surface area contributed by atoms with Crippen molar-refractivity contribution >= 4 is 19.4 Å². The molecule has 0 saturated carbocycles. The number of hydrogen-bond acceptors (Lipinski definition) is 7. The van der Waals surface area contributed by atoms with Crippen LogP contribution in [0.5, 0.6) is 11.5 Å². The fourth-order valence-electron chi connectivity index (χ4n) is 4.35. The molecule has 0 fully saturated rings. The number of hydrogen-bond donors (Lipinski definition) is 3. The molecule has 0 bridgehead atoms. The number of nitrogens with one attached hydrogen (secondary N) is 2. The highest BCUT2D eigenvalue weighted by Crippen LogP contribution is 2.36. The minimum absolute atomic E-state index is 0.179. The molecule has 3 aromatic rings. The van der Waals surface area contributed by atoms with Gasteiger partial charge in [0.2, 0.25) is 7.44 Å². The SMILES string of the molecule is CCOC(=O)CNP(=O)(COc1cc(C)c(Cc2ccc(O)c(Cc3ccc(F)cc3)c2)c(C)c1)NCC(=O)OCC. The lowest BCUT2D eigenvalue weighted by molar-refractivity contribution is -0.142. The molecule has 3 rings (SSSR count). The molecular weight excluding hydrogens is 562 g/mol. The van der Waals surface area contributed by atoms with Gasteiger partial charge in [-0.05, 0) is 97.8 Å². The molecule has 9 nitrogen and oxygen atoms in total. The maximum absolute atomic E-state index is 13.5. The van der Waals surface area contributed by atoms with E-state index in [1.165, 1.54) is 12.1 Å². The van der Waals surface area contributed by atoms with Crippen molar-refractivity contribution in [3.8, 4) is 11.5 Å². The smallest absolute Gasteiger partial charge is 0.320 e. The fraction of sp³-hybridized carbons (Fsp3) is 0.355. The zero-order chi connectivity index (χ0) is 30.7. The molecule has 0 aliphatic rings. The highest BCUT2D eigenvalue weighted by molar-refractivity contribution is 7.59. The second-order valence-corrected chi connectivity index (χ2v) is 12.1. The molecule has 0 unspecified atom stereocenters.